The summed E-state index contributed by atoms with van der Waals surface area (Å²) in [7, 11) is 0. The van der Waals surface area contributed by atoms with Gasteiger partial charge in [-0.25, -0.2) is 0 Å². The first-order chi connectivity index (χ1) is 9.24. The van der Waals surface area contributed by atoms with Crippen molar-refractivity contribution in [1.29, 1.82) is 0 Å². The molecule has 2 aliphatic carbocycles. The fraction of sp³-hybridized carbons (Fsp3) is 0.938. The van der Waals surface area contributed by atoms with E-state index < -0.39 is 0 Å². The second kappa shape index (κ2) is 5.82. The zero-order chi connectivity index (χ0) is 13.2. The number of piperidine rings is 1. The zero-order valence-electron chi connectivity index (χ0n) is 11.9. The number of carbonyl (C=O) groups is 1. The molecule has 2 saturated carbocycles. The Morgan fingerprint density at radius 3 is 2.53 bits per heavy atom. The van der Waals surface area contributed by atoms with E-state index >= 15 is 0 Å². The molecule has 0 spiro atoms. The third kappa shape index (κ3) is 2.96. The van der Waals surface area contributed by atoms with E-state index in [9.17, 15) is 9.90 Å². The van der Waals surface area contributed by atoms with E-state index in [0.717, 1.165) is 44.1 Å². The number of β-amino-alcohol motifs (C(OH)–C–C–N with tert-alkyl or cyclic N) is 1. The Morgan fingerprint density at radius 2 is 1.74 bits per heavy atom. The van der Waals surface area contributed by atoms with E-state index in [4.69, 9.17) is 0 Å². The highest BCUT2D eigenvalue weighted by atomic mass is 16.3. The molecule has 1 heterocycles. The van der Waals surface area contributed by atoms with Gasteiger partial charge in [-0.15, -0.1) is 0 Å². The number of aliphatic hydroxyl groups excluding tert-OH is 1. The summed E-state index contributed by atoms with van der Waals surface area (Å²) < 4.78 is 0. The van der Waals surface area contributed by atoms with E-state index in [0.29, 0.717) is 12.5 Å². The predicted molar refractivity (Wildman–Crippen MR) is 74.6 cm³/mol. The van der Waals surface area contributed by atoms with Gasteiger partial charge in [0, 0.05) is 19.0 Å². The van der Waals surface area contributed by atoms with Crippen LogP contribution < -0.4 is 0 Å². The van der Waals surface area contributed by atoms with Crippen LogP contribution in [-0.2, 0) is 4.79 Å². The minimum atomic E-state index is -0.288. The fourth-order valence-corrected chi connectivity index (χ4v) is 4.51. The molecule has 0 aromatic rings. The summed E-state index contributed by atoms with van der Waals surface area (Å²) in [5.74, 6) is 2.31. The Bertz CT molecular complexity index is 331. The molecule has 19 heavy (non-hydrogen) atoms. The third-order valence-electron chi connectivity index (χ3n) is 5.60. The highest BCUT2D eigenvalue weighted by molar-refractivity contribution is 5.79. The van der Waals surface area contributed by atoms with Crippen LogP contribution in [0.2, 0.25) is 0 Å². The van der Waals surface area contributed by atoms with Crippen molar-refractivity contribution in [3.05, 3.63) is 0 Å². The van der Waals surface area contributed by atoms with Crippen molar-refractivity contribution in [2.24, 2.45) is 17.8 Å². The van der Waals surface area contributed by atoms with Crippen molar-refractivity contribution >= 4 is 5.91 Å². The first-order valence-electron chi connectivity index (χ1n) is 8.21. The average Bonchev–Trinajstić information content (AvgIpc) is 2.46. The molecule has 4 unspecified atom stereocenters. The zero-order valence-corrected chi connectivity index (χ0v) is 11.9. The van der Waals surface area contributed by atoms with Crippen molar-refractivity contribution in [3.63, 3.8) is 0 Å². The lowest BCUT2D eigenvalue weighted by molar-refractivity contribution is -0.141. The van der Waals surface area contributed by atoms with Crippen LogP contribution in [0.1, 0.15) is 57.8 Å². The fourth-order valence-electron chi connectivity index (χ4n) is 4.51. The predicted octanol–water partition coefficient (Wildman–Crippen LogP) is 2.58. The number of likely N-dealkylation sites (tertiary alicyclic amines) is 1. The van der Waals surface area contributed by atoms with Gasteiger partial charge in [-0.1, -0.05) is 25.7 Å². The second-order valence-electron chi connectivity index (χ2n) is 6.89. The molecule has 3 fully saturated rings. The largest absolute Gasteiger partial charge is 0.391 e. The van der Waals surface area contributed by atoms with Gasteiger partial charge in [0.1, 0.15) is 0 Å². The van der Waals surface area contributed by atoms with E-state index in [1.165, 1.54) is 32.1 Å². The Balaban J connectivity index is 1.58. The van der Waals surface area contributed by atoms with Gasteiger partial charge in [0.2, 0.25) is 5.91 Å². The van der Waals surface area contributed by atoms with Gasteiger partial charge in [0.15, 0.2) is 0 Å². The number of rotatable bonds is 1. The van der Waals surface area contributed by atoms with Gasteiger partial charge < -0.3 is 10.0 Å². The molecule has 0 bridgehead atoms. The maximum absolute atomic E-state index is 12.6. The molecule has 0 radical (unpaired) electrons. The summed E-state index contributed by atoms with van der Waals surface area (Å²) in [5, 5.41) is 9.72. The monoisotopic (exact) mass is 265 g/mol. The minimum absolute atomic E-state index is 0.254. The molecule has 3 aliphatic rings. The van der Waals surface area contributed by atoms with Crippen molar-refractivity contribution in [1.82, 2.24) is 4.90 Å². The summed E-state index contributed by atoms with van der Waals surface area (Å²) in [5.41, 5.74) is 0. The highest BCUT2D eigenvalue weighted by Gasteiger charge is 2.37. The molecule has 1 N–H and O–H groups in total. The number of nitrogens with zero attached hydrogens (tertiary/aromatic N) is 1. The first-order valence-corrected chi connectivity index (χ1v) is 8.21. The average molecular weight is 265 g/mol. The second-order valence-corrected chi connectivity index (χ2v) is 6.89. The molecule has 4 atom stereocenters. The van der Waals surface area contributed by atoms with Crippen LogP contribution in [0.4, 0.5) is 0 Å². The van der Waals surface area contributed by atoms with Gasteiger partial charge in [0.25, 0.3) is 0 Å². The van der Waals surface area contributed by atoms with Crippen LogP contribution in [0.5, 0.6) is 0 Å². The number of hydrogen-bond acceptors (Lipinski definition) is 2. The van der Waals surface area contributed by atoms with Gasteiger partial charge in [-0.3, -0.25) is 4.79 Å². The molecule has 1 amide bonds. The molecule has 108 valence electrons. The smallest absolute Gasteiger partial charge is 0.225 e. The van der Waals surface area contributed by atoms with Crippen LogP contribution in [0.25, 0.3) is 0 Å². The van der Waals surface area contributed by atoms with Crippen LogP contribution >= 0.6 is 0 Å². The standard InChI is InChI=1S/C16H27NO2/c18-15-6-3-9-17(11-15)16(19)14-8-7-12-4-1-2-5-13(12)10-14/h12-15,18H,1-11H2. The van der Waals surface area contributed by atoms with Gasteiger partial charge in [0.05, 0.1) is 6.10 Å². The van der Waals surface area contributed by atoms with E-state index in [1.54, 1.807) is 0 Å². The van der Waals surface area contributed by atoms with Crippen LogP contribution in [0.3, 0.4) is 0 Å². The summed E-state index contributed by atoms with van der Waals surface area (Å²) in [6, 6.07) is 0. The quantitative estimate of drug-likeness (QED) is 0.791. The summed E-state index contributed by atoms with van der Waals surface area (Å²) >= 11 is 0. The van der Waals surface area contributed by atoms with E-state index in [-0.39, 0.29) is 12.0 Å². The Labute approximate surface area is 116 Å². The summed E-state index contributed by atoms with van der Waals surface area (Å²) in [6.07, 6.45) is 10.5. The first kappa shape index (κ1) is 13.4. The molecule has 0 aromatic heterocycles. The molecule has 3 heteroatoms. The van der Waals surface area contributed by atoms with E-state index in [1.807, 2.05) is 4.90 Å². The molecule has 1 saturated heterocycles. The maximum Gasteiger partial charge on any atom is 0.225 e. The molecular formula is C16H27NO2. The number of aliphatic hydroxyl groups is 1. The Hall–Kier alpha value is -0.570. The summed E-state index contributed by atoms with van der Waals surface area (Å²) in [4.78, 5) is 14.5. The summed E-state index contributed by atoms with van der Waals surface area (Å²) in [6.45, 7) is 1.43. The number of amides is 1. The van der Waals surface area contributed by atoms with Crippen LogP contribution in [0, 0.1) is 17.8 Å². The Kier molecular flexibility index (Phi) is 4.11. The van der Waals surface area contributed by atoms with Crippen LogP contribution in [-0.4, -0.2) is 35.1 Å². The van der Waals surface area contributed by atoms with Crippen molar-refractivity contribution < 1.29 is 9.90 Å². The molecule has 3 rings (SSSR count). The van der Waals surface area contributed by atoms with Crippen molar-refractivity contribution in [2.75, 3.05) is 13.1 Å². The SMILES string of the molecule is O=C(C1CCC2CCCCC2C1)N1CCCC(O)C1. The maximum atomic E-state index is 12.6. The lowest BCUT2D eigenvalue weighted by Gasteiger charge is -2.41. The third-order valence-corrected chi connectivity index (χ3v) is 5.60. The molecule has 3 nitrogen and oxygen atoms in total. The lowest BCUT2D eigenvalue weighted by Crippen LogP contribution is -2.46. The lowest BCUT2D eigenvalue weighted by atomic mass is 9.67. The Morgan fingerprint density at radius 1 is 0.947 bits per heavy atom. The van der Waals surface area contributed by atoms with Gasteiger partial charge in [-0.2, -0.15) is 0 Å². The number of fused-ring (bicyclic) bond motifs is 1. The van der Waals surface area contributed by atoms with Gasteiger partial charge >= 0.3 is 0 Å². The van der Waals surface area contributed by atoms with Crippen molar-refractivity contribution in [3.8, 4) is 0 Å². The van der Waals surface area contributed by atoms with Gasteiger partial charge in [-0.05, 0) is 43.9 Å². The normalized spacial score (nSPS) is 39.7. The topological polar surface area (TPSA) is 40.5 Å². The number of carbonyl (C=O) groups excluding carboxylic acids is 1. The van der Waals surface area contributed by atoms with Crippen LogP contribution in [0.15, 0.2) is 0 Å². The van der Waals surface area contributed by atoms with Crippen molar-refractivity contribution in [2.45, 2.75) is 63.9 Å². The highest BCUT2D eigenvalue weighted by Crippen LogP contribution is 2.43. The molecular weight excluding hydrogens is 238 g/mol. The minimum Gasteiger partial charge on any atom is -0.391 e. The molecule has 1 aliphatic heterocycles. The molecule has 0 aromatic carbocycles. The van der Waals surface area contributed by atoms with E-state index in [2.05, 4.69) is 0 Å². The number of hydrogen-bond donors (Lipinski definition) is 1.